The standard InChI is InChI=1S/C18H14N4/c19-11-16-10-17(15-6-8-21-9-7-15)13-22(18(16)20)12-14-4-2-1-3-5-14/h1-10,13,20H,12H2. The SMILES string of the molecule is N#Cc1cc(-c2ccncc2)cn(Cc2ccccc2)c1=N. The third-order valence-electron chi connectivity index (χ3n) is 3.47. The van der Waals surface area contributed by atoms with Gasteiger partial charge in [-0.05, 0) is 34.9 Å². The second-order valence-corrected chi connectivity index (χ2v) is 4.95. The molecule has 0 aliphatic heterocycles. The molecular weight excluding hydrogens is 272 g/mol. The minimum Gasteiger partial charge on any atom is -0.327 e. The summed E-state index contributed by atoms with van der Waals surface area (Å²) in [7, 11) is 0. The number of benzene rings is 1. The first kappa shape index (κ1) is 13.8. The predicted octanol–water partition coefficient (Wildman–Crippen LogP) is 2.95. The van der Waals surface area contributed by atoms with E-state index in [9.17, 15) is 5.26 Å². The molecule has 0 bridgehead atoms. The van der Waals surface area contributed by atoms with Gasteiger partial charge in [-0.25, -0.2) is 0 Å². The quantitative estimate of drug-likeness (QED) is 0.804. The molecule has 0 saturated carbocycles. The molecule has 0 fully saturated rings. The van der Waals surface area contributed by atoms with E-state index in [4.69, 9.17) is 5.41 Å². The normalized spacial score (nSPS) is 10.1. The highest BCUT2D eigenvalue weighted by Crippen LogP contribution is 2.18. The number of aromatic nitrogens is 2. The molecule has 0 aliphatic rings. The van der Waals surface area contributed by atoms with Gasteiger partial charge in [-0.2, -0.15) is 5.26 Å². The molecule has 106 valence electrons. The molecule has 0 spiro atoms. The van der Waals surface area contributed by atoms with E-state index in [-0.39, 0.29) is 5.49 Å². The van der Waals surface area contributed by atoms with Crippen molar-refractivity contribution in [3.05, 3.63) is 83.7 Å². The third kappa shape index (κ3) is 2.79. The molecule has 2 heterocycles. The average Bonchev–Trinajstić information content (AvgIpc) is 2.58. The molecule has 0 unspecified atom stereocenters. The van der Waals surface area contributed by atoms with Crippen molar-refractivity contribution in [2.75, 3.05) is 0 Å². The molecule has 22 heavy (non-hydrogen) atoms. The maximum absolute atomic E-state index is 9.28. The summed E-state index contributed by atoms with van der Waals surface area (Å²) in [6.45, 7) is 0.563. The molecular formula is C18H14N4. The summed E-state index contributed by atoms with van der Waals surface area (Å²) in [5.74, 6) is 0. The average molecular weight is 286 g/mol. The zero-order valence-electron chi connectivity index (χ0n) is 11.9. The summed E-state index contributed by atoms with van der Waals surface area (Å²) in [6, 6.07) is 17.6. The number of nitrogens with zero attached hydrogens (tertiary/aromatic N) is 3. The summed E-state index contributed by atoms with van der Waals surface area (Å²) < 4.78 is 1.80. The topological polar surface area (TPSA) is 65.5 Å². The molecule has 2 aromatic heterocycles. The van der Waals surface area contributed by atoms with Crippen LogP contribution in [0.4, 0.5) is 0 Å². The van der Waals surface area contributed by atoms with E-state index in [1.54, 1.807) is 23.0 Å². The van der Waals surface area contributed by atoms with Crippen LogP contribution in [0, 0.1) is 16.7 Å². The first-order chi connectivity index (χ1) is 10.8. The van der Waals surface area contributed by atoms with Crippen molar-refractivity contribution in [2.24, 2.45) is 0 Å². The fourth-order valence-corrected chi connectivity index (χ4v) is 2.34. The Hall–Kier alpha value is -3.19. The number of hydrogen-bond donors (Lipinski definition) is 1. The van der Waals surface area contributed by atoms with Crippen LogP contribution in [0.3, 0.4) is 0 Å². The minimum absolute atomic E-state index is 0.226. The van der Waals surface area contributed by atoms with E-state index in [1.807, 2.05) is 48.7 Å². The first-order valence-corrected chi connectivity index (χ1v) is 6.91. The minimum atomic E-state index is 0.226. The smallest absolute Gasteiger partial charge is 0.143 e. The van der Waals surface area contributed by atoms with Crippen LogP contribution in [0.25, 0.3) is 11.1 Å². The highest BCUT2D eigenvalue weighted by molar-refractivity contribution is 5.63. The Morgan fingerprint density at radius 2 is 1.77 bits per heavy atom. The molecule has 0 aliphatic carbocycles. The van der Waals surface area contributed by atoms with Crippen LogP contribution in [0.15, 0.2) is 67.1 Å². The number of nitrogens with one attached hydrogen (secondary N) is 1. The maximum Gasteiger partial charge on any atom is 0.143 e. The molecule has 1 aromatic carbocycles. The highest BCUT2D eigenvalue weighted by Gasteiger charge is 2.06. The molecule has 0 radical (unpaired) electrons. The van der Waals surface area contributed by atoms with E-state index in [0.29, 0.717) is 12.1 Å². The Morgan fingerprint density at radius 1 is 1.05 bits per heavy atom. The highest BCUT2D eigenvalue weighted by atomic mass is 15.0. The Bertz CT molecular complexity index is 874. The Labute approximate surface area is 128 Å². The van der Waals surface area contributed by atoms with E-state index >= 15 is 0 Å². The van der Waals surface area contributed by atoms with Gasteiger partial charge in [0.25, 0.3) is 0 Å². The Morgan fingerprint density at radius 3 is 2.45 bits per heavy atom. The van der Waals surface area contributed by atoms with Crippen molar-refractivity contribution >= 4 is 0 Å². The van der Waals surface area contributed by atoms with Crippen molar-refractivity contribution in [1.29, 1.82) is 10.7 Å². The number of hydrogen-bond acceptors (Lipinski definition) is 3. The van der Waals surface area contributed by atoms with Crippen molar-refractivity contribution < 1.29 is 0 Å². The van der Waals surface area contributed by atoms with Gasteiger partial charge in [-0.15, -0.1) is 0 Å². The molecule has 0 atom stereocenters. The van der Waals surface area contributed by atoms with Crippen LogP contribution in [-0.2, 0) is 6.54 Å². The molecule has 0 amide bonds. The summed E-state index contributed by atoms with van der Waals surface area (Å²) in [4.78, 5) is 4.01. The summed E-state index contributed by atoms with van der Waals surface area (Å²) in [6.07, 6.45) is 5.35. The van der Waals surface area contributed by atoms with Gasteiger partial charge in [-0.1, -0.05) is 30.3 Å². The first-order valence-electron chi connectivity index (χ1n) is 6.91. The molecule has 3 aromatic rings. The van der Waals surface area contributed by atoms with E-state index < -0.39 is 0 Å². The molecule has 1 N–H and O–H groups in total. The van der Waals surface area contributed by atoms with Crippen LogP contribution in [0.5, 0.6) is 0 Å². The number of pyridine rings is 2. The monoisotopic (exact) mass is 286 g/mol. The molecule has 0 saturated heterocycles. The Balaban J connectivity index is 2.10. The molecule has 4 heteroatoms. The van der Waals surface area contributed by atoms with Gasteiger partial charge in [0.1, 0.15) is 11.6 Å². The lowest BCUT2D eigenvalue weighted by Gasteiger charge is -2.11. The van der Waals surface area contributed by atoms with Crippen molar-refractivity contribution in [3.63, 3.8) is 0 Å². The third-order valence-corrected chi connectivity index (χ3v) is 3.47. The van der Waals surface area contributed by atoms with Crippen LogP contribution in [0.1, 0.15) is 11.1 Å². The Kier molecular flexibility index (Phi) is 3.80. The van der Waals surface area contributed by atoms with Gasteiger partial charge in [0.05, 0.1) is 5.56 Å². The van der Waals surface area contributed by atoms with Gasteiger partial charge in [-0.3, -0.25) is 10.4 Å². The fourth-order valence-electron chi connectivity index (χ4n) is 2.34. The lowest BCUT2D eigenvalue weighted by atomic mass is 10.1. The van der Waals surface area contributed by atoms with Crippen LogP contribution in [0.2, 0.25) is 0 Å². The van der Waals surface area contributed by atoms with Gasteiger partial charge < -0.3 is 4.57 Å². The van der Waals surface area contributed by atoms with Crippen LogP contribution < -0.4 is 5.49 Å². The summed E-state index contributed by atoms with van der Waals surface area (Å²) in [5.41, 5.74) is 3.57. The number of rotatable bonds is 3. The largest absolute Gasteiger partial charge is 0.327 e. The van der Waals surface area contributed by atoms with Crippen molar-refractivity contribution in [1.82, 2.24) is 9.55 Å². The van der Waals surface area contributed by atoms with Crippen molar-refractivity contribution in [3.8, 4) is 17.2 Å². The maximum atomic E-state index is 9.28. The summed E-state index contributed by atoms with van der Waals surface area (Å²) >= 11 is 0. The molecule has 3 rings (SSSR count). The second kappa shape index (κ2) is 6.06. The van der Waals surface area contributed by atoms with E-state index in [0.717, 1.165) is 16.7 Å². The van der Waals surface area contributed by atoms with Gasteiger partial charge in [0.2, 0.25) is 0 Å². The van der Waals surface area contributed by atoms with E-state index in [1.165, 1.54) is 0 Å². The van der Waals surface area contributed by atoms with Crippen LogP contribution in [-0.4, -0.2) is 9.55 Å². The lowest BCUT2D eigenvalue weighted by molar-refractivity contribution is 0.729. The zero-order valence-corrected chi connectivity index (χ0v) is 11.9. The van der Waals surface area contributed by atoms with E-state index in [2.05, 4.69) is 11.1 Å². The van der Waals surface area contributed by atoms with Crippen molar-refractivity contribution in [2.45, 2.75) is 6.54 Å². The number of nitriles is 1. The summed E-state index contributed by atoms with van der Waals surface area (Å²) in [5, 5.41) is 17.5. The fraction of sp³-hybridized carbons (Fsp3) is 0.0556. The second-order valence-electron chi connectivity index (χ2n) is 4.95. The predicted molar refractivity (Wildman–Crippen MR) is 83.8 cm³/mol. The lowest BCUT2D eigenvalue weighted by Crippen LogP contribution is -2.23. The zero-order chi connectivity index (χ0) is 15.4. The van der Waals surface area contributed by atoms with Gasteiger partial charge in [0, 0.05) is 25.1 Å². The van der Waals surface area contributed by atoms with Gasteiger partial charge >= 0.3 is 0 Å². The van der Waals surface area contributed by atoms with Gasteiger partial charge in [0.15, 0.2) is 0 Å². The van der Waals surface area contributed by atoms with Crippen LogP contribution >= 0.6 is 0 Å². The molecule has 4 nitrogen and oxygen atoms in total.